The molecule has 0 saturated heterocycles. The summed E-state index contributed by atoms with van der Waals surface area (Å²) in [4.78, 5) is 13.0. The molecule has 9 nitrogen and oxygen atoms in total. The lowest BCUT2D eigenvalue weighted by Crippen LogP contribution is -2.37. The summed E-state index contributed by atoms with van der Waals surface area (Å²) in [5.41, 5.74) is 4.70. The number of rotatable bonds is 6. The first-order valence-corrected chi connectivity index (χ1v) is 6.83. The van der Waals surface area contributed by atoms with Gasteiger partial charge in [-0.05, 0) is 6.42 Å². The zero-order valence-electron chi connectivity index (χ0n) is 10.1. The van der Waals surface area contributed by atoms with Crippen LogP contribution in [0, 0.1) is 10.1 Å². The van der Waals surface area contributed by atoms with E-state index in [4.69, 9.17) is 10.8 Å². The first-order chi connectivity index (χ1) is 8.81. The number of pyridine rings is 1. The smallest absolute Gasteiger partial charge is 0.312 e. The topological polar surface area (TPSA) is 148 Å². The van der Waals surface area contributed by atoms with Gasteiger partial charge >= 0.3 is 5.69 Å². The SMILES string of the molecule is CCC(CO)NS(=O)(=O)c1cnc(N)c([N+](=O)[O-])c1. The molecule has 0 fully saturated rings. The molecule has 106 valence electrons. The van der Waals surface area contributed by atoms with Gasteiger partial charge in [-0.15, -0.1) is 0 Å². The Balaban J connectivity index is 3.15. The van der Waals surface area contributed by atoms with Crippen molar-refractivity contribution in [1.82, 2.24) is 9.71 Å². The van der Waals surface area contributed by atoms with Crippen LogP contribution in [-0.2, 0) is 10.0 Å². The number of nitrogens with one attached hydrogen (secondary N) is 1. The van der Waals surface area contributed by atoms with Crippen molar-refractivity contribution in [2.45, 2.75) is 24.3 Å². The zero-order valence-corrected chi connectivity index (χ0v) is 10.9. The maximum absolute atomic E-state index is 11.9. The van der Waals surface area contributed by atoms with E-state index in [-0.39, 0.29) is 17.3 Å². The summed E-state index contributed by atoms with van der Waals surface area (Å²) in [5, 5.41) is 19.6. The van der Waals surface area contributed by atoms with E-state index >= 15 is 0 Å². The van der Waals surface area contributed by atoms with Crippen molar-refractivity contribution in [3.05, 3.63) is 22.4 Å². The van der Waals surface area contributed by atoms with Crippen LogP contribution in [0.5, 0.6) is 0 Å². The number of nitrogens with two attached hydrogens (primary N) is 1. The van der Waals surface area contributed by atoms with Crippen molar-refractivity contribution >= 4 is 21.5 Å². The summed E-state index contributed by atoms with van der Waals surface area (Å²) < 4.78 is 26.1. The minimum atomic E-state index is -3.99. The second-order valence-electron chi connectivity index (χ2n) is 3.74. The number of sulfonamides is 1. The van der Waals surface area contributed by atoms with E-state index < -0.39 is 26.7 Å². The maximum atomic E-state index is 11.9. The molecule has 0 saturated carbocycles. The minimum absolute atomic E-state index is 0.363. The lowest BCUT2D eigenvalue weighted by atomic mass is 10.3. The Kier molecular flexibility index (Phi) is 4.75. The summed E-state index contributed by atoms with van der Waals surface area (Å²) in [7, 11) is -3.99. The third kappa shape index (κ3) is 3.59. The normalized spacial score (nSPS) is 13.2. The largest absolute Gasteiger partial charge is 0.395 e. The van der Waals surface area contributed by atoms with Crippen LogP contribution in [0.4, 0.5) is 11.5 Å². The molecule has 10 heteroatoms. The average molecular weight is 290 g/mol. The van der Waals surface area contributed by atoms with Crippen molar-refractivity contribution in [3.8, 4) is 0 Å². The Bertz CT molecular complexity index is 570. The fourth-order valence-corrected chi connectivity index (χ4v) is 2.55. The summed E-state index contributed by atoms with van der Waals surface area (Å²) in [6.07, 6.45) is 1.30. The molecule has 0 aromatic carbocycles. The van der Waals surface area contributed by atoms with Crippen molar-refractivity contribution < 1.29 is 18.4 Å². The lowest BCUT2D eigenvalue weighted by Gasteiger charge is -2.14. The monoisotopic (exact) mass is 290 g/mol. The highest BCUT2D eigenvalue weighted by Crippen LogP contribution is 2.22. The van der Waals surface area contributed by atoms with E-state index in [0.717, 1.165) is 12.3 Å². The maximum Gasteiger partial charge on any atom is 0.312 e. The number of nitro groups is 1. The van der Waals surface area contributed by atoms with Crippen LogP contribution in [0.3, 0.4) is 0 Å². The number of anilines is 1. The van der Waals surface area contributed by atoms with Crippen LogP contribution < -0.4 is 10.5 Å². The van der Waals surface area contributed by atoms with Crippen molar-refractivity contribution in [2.24, 2.45) is 0 Å². The molecule has 1 atom stereocenters. The average Bonchev–Trinajstić information content (AvgIpc) is 2.35. The molecule has 4 N–H and O–H groups in total. The predicted octanol–water partition coefficient (Wildman–Crippen LogP) is -0.379. The van der Waals surface area contributed by atoms with Crippen LogP contribution in [-0.4, -0.2) is 36.1 Å². The van der Waals surface area contributed by atoms with Crippen LogP contribution in [0.15, 0.2) is 17.2 Å². The van der Waals surface area contributed by atoms with Gasteiger partial charge in [-0.2, -0.15) is 0 Å². The molecule has 0 aliphatic carbocycles. The van der Waals surface area contributed by atoms with Gasteiger partial charge in [-0.25, -0.2) is 18.1 Å². The second-order valence-corrected chi connectivity index (χ2v) is 5.46. The molecule has 19 heavy (non-hydrogen) atoms. The number of hydrogen-bond donors (Lipinski definition) is 3. The number of aliphatic hydroxyl groups is 1. The molecule has 1 aromatic rings. The molecule has 0 aliphatic heterocycles. The molecule has 0 amide bonds. The van der Waals surface area contributed by atoms with Gasteiger partial charge in [0.1, 0.15) is 4.90 Å². The lowest BCUT2D eigenvalue weighted by molar-refractivity contribution is -0.384. The van der Waals surface area contributed by atoms with E-state index in [1.165, 1.54) is 0 Å². The van der Waals surface area contributed by atoms with E-state index in [2.05, 4.69) is 9.71 Å². The van der Waals surface area contributed by atoms with Gasteiger partial charge in [-0.1, -0.05) is 6.92 Å². The number of hydrogen-bond acceptors (Lipinski definition) is 7. The molecule has 0 spiro atoms. The Morgan fingerprint density at radius 2 is 2.26 bits per heavy atom. The standard InChI is InChI=1S/C9H14N4O5S/c1-2-6(5-14)12-19(17,18)7-3-8(13(15)16)9(10)11-4-7/h3-4,6,12,14H,2,5H2,1H3,(H2,10,11). The van der Waals surface area contributed by atoms with Crippen molar-refractivity contribution in [2.75, 3.05) is 12.3 Å². The summed E-state index contributed by atoms with van der Waals surface area (Å²) in [6, 6.07) is 0.163. The molecule has 0 aliphatic rings. The van der Waals surface area contributed by atoms with Gasteiger partial charge in [-0.3, -0.25) is 10.1 Å². The molecule has 1 unspecified atom stereocenters. The molecule has 1 aromatic heterocycles. The first-order valence-electron chi connectivity index (χ1n) is 5.35. The first kappa shape index (κ1) is 15.3. The van der Waals surface area contributed by atoms with Crippen LogP contribution in [0.25, 0.3) is 0 Å². The van der Waals surface area contributed by atoms with Crippen LogP contribution >= 0.6 is 0 Å². The fraction of sp³-hybridized carbons (Fsp3) is 0.444. The van der Waals surface area contributed by atoms with Crippen LogP contribution in [0.1, 0.15) is 13.3 Å². The van der Waals surface area contributed by atoms with E-state index in [9.17, 15) is 18.5 Å². The van der Waals surface area contributed by atoms with Gasteiger partial charge in [0.25, 0.3) is 0 Å². The van der Waals surface area contributed by atoms with Gasteiger partial charge in [0, 0.05) is 18.3 Å². The predicted molar refractivity (Wildman–Crippen MR) is 66.8 cm³/mol. The van der Waals surface area contributed by atoms with Gasteiger partial charge in [0.2, 0.25) is 15.8 Å². The third-order valence-electron chi connectivity index (χ3n) is 2.41. The van der Waals surface area contributed by atoms with E-state index in [1.54, 1.807) is 6.92 Å². The van der Waals surface area contributed by atoms with Gasteiger partial charge < -0.3 is 10.8 Å². The van der Waals surface area contributed by atoms with E-state index in [1.807, 2.05) is 0 Å². The summed E-state index contributed by atoms with van der Waals surface area (Å²) in [5.74, 6) is -0.363. The molecule has 1 rings (SSSR count). The summed E-state index contributed by atoms with van der Waals surface area (Å²) in [6.45, 7) is 1.31. The Hall–Kier alpha value is -1.78. The molecule has 1 heterocycles. The highest BCUT2D eigenvalue weighted by atomic mass is 32.2. The van der Waals surface area contributed by atoms with Gasteiger partial charge in [0.15, 0.2) is 0 Å². The fourth-order valence-electron chi connectivity index (χ4n) is 1.28. The second kappa shape index (κ2) is 5.91. The Morgan fingerprint density at radius 3 is 2.74 bits per heavy atom. The van der Waals surface area contributed by atoms with Crippen molar-refractivity contribution in [1.29, 1.82) is 0 Å². The number of nitrogen functional groups attached to an aromatic ring is 1. The molecular formula is C9H14N4O5S. The quantitative estimate of drug-likeness (QED) is 0.477. The minimum Gasteiger partial charge on any atom is -0.395 e. The highest BCUT2D eigenvalue weighted by molar-refractivity contribution is 7.89. The molecule has 0 radical (unpaired) electrons. The van der Waals surface area contributed by atoms with Crippen molar-refractivity contribution in [3.63, 3.8) is 0 Å². The Morgan fingerprint density at radius 1 is 1.63 bits per heavy atom. The zero-order chi connectivity index (χ0) is 14.6. The summed E-state index contributed by atoms with van der Waals surface area (Å²) >= 11 is 0. The number of nitrogens with zero attached hydrogens (tertiary/aromatic N) is 2. The van der Waals surface area contributed by atoms with Gasteiger partial charge in [0.05, 0.1) is 11.5 Å². The Labute approximate surface area is 109 Å². The van der Waals surface area contributed by atoms with Crippen LogP contribution in [0.2, 0.25) is 0 Å². The number of aromatic nitrogens is 1. The van der Waals surface area contributed by atoms with E-state index in [0.29, 0.717) is 6.42 Å². The molecular weight excluding hydrogens is 276 g/mol. The highest BCUT2D eigenvalue weighted by Gasteiger charge is 2.23. The molecule has 0 bridgehead atoms. The number of aliphatic hydroxyl groups excluding tert-OH is 1. The third-order valence-corrected chi connectivity index (χ3v) is 3.90.